The zero-order valence-electron chi connectivity index (χ0n) is 25.2. The first-order valence-corrected chi connectivity index (χ1v) is 15.6. The predicted octanol–water partition coefficient (Wildman–Crippen LogP) is 10.7. The van der Waals surface area contributed by atoms with Crippen LogP contribution in [-0.2, 0) is 0 Å². The van der Waals surface area contributed by atoms with Gasteiger partial charge in [0.25, 0.3) is 0 Å². The SMILES string of the molecule is c1ccc(-c2nc(-c3ccc(-c4cccc5ccc6oc(-c7ccccc7)nc6c45)cc3)nc(-c3ccc4ccccc4c3)n2)cc1. The number of benzene rings is 7. The lowest BCUT2D eigenvalue weighted by molar-refractivity contribution is 0.620. The van der Waals surface area contributed by atoms with Crippen molar-refractivity contribution in [2.45, 2.75) is 0 Å². The first-order valence-electron chi connectivity index (χ1n) is 15.6. The Labute approximate surface area is 270 Å². The van der Waals surface area contributed by atoms with Gasteiger partial charge < -0.3 is 4.42 Å². The highest BCUT2D eigenvalue weighted by molar-refractivity contribution is 6.11. The second kappa shape index (κ2) is 11.2. The topological polar surface area (TPSA) is 64.7 Å². The van der Waals surface area contributed by atoms with E-state index in [1.54, 1.807) is 0 Å². The van der Waals surface area contributed by atoms with E-state index in [1.807, 2.05) is 72.8 Å². The minimum Gasteiger partial charge on any atom is -0.436 e. The van der Waals surface area contributed by atoms with E-state index in [0.29, 0.717) is 23.4 Å². The average Bonchev–Trinajstić information content (AvgIpc) is 3.60. The lowest BCUT2D eigenvalue weighted by Gasteiger charge is -2.10. The molecule has 9 rings (SSSR count). The number of fused-ring (bicyclic) bond motifs is 4. The second-order valence-electron chi connectivity index (χ2n) is 11.5. The van der Waals surface area contributed by atoms with E-state index in [2.05, 4.69) is 84.9 Å². The molecule has 5 nitrogen and oxygen atoms in total. The third kappa shape index (κ3) is 4.91. The summed E-state index contributed by atoms with van der Waals surface area (Å²) in [6, 6.07) is 53.6. The van der Waals surface area contributed by atoms with Gasteiger partial charge in [-0.1, -0.05) is 133 Å². The number of oxazole rings is 1. The van der Waals surface area contributed by atoms with Crippen LogP contribution in [0.3, 0.4) is 0 Å². The largest absolute Gasteiger partial charge is 0.436 e. The molecule has 5 heteroatoms. The number of hydrogen-bond donors (Lipinski definition) is 0. The molecule has 0 aliphatic heterocycles. The Kier molecular flexibility index (Phi) is 6.39. The van der Waals surface area contributed by atoms with Crippen LogP contribution in [0.25, 0.3) is 89.4 Å². The molecule has 0 aliphatic carbocycles. The Morgan fingerprint density at radius 2 is 0.915 bits per heavy atom. The smallest absolute Gasteiger partial charge is 0.227 e. The van der Waals surface area contributed by atoms with E-state index in [1.165, 1.54) is 5.39 Å². The molecule has 0 atom stereocenters. The molecule has 0 fully saturated rings. The molecular weight excluding hydrogens is 576 g/mol. The molecule has 220 valence electrons. The maximum absolute atomic E-state index is 6.22. The molecule has 0 N–H and O–H groups in total. The minimum absolute atomic E-state index is 0.615. The summed E-state index contributed by atoms with van der Waals surface area (Å²) >= 11 is 0. The van der Waals surface area contributed by atoms with Crippen molar-refractivity contribution < 1.29 is 4.42 Å². The zero-order valence-corrected chi connectivity index (χ0v) is 25.2. The van der Waals surface area contributed by atoms with Gasteiger partial charge >= 0.3 is 0 Å². The monoisotopic (exact) mass is 602 g/mol. The zero-order chi connectivity index (χ0) is 31.2. The van der Waals surface area contributed by atoms with Gasteiger partial charge in [-0.3, -0.25) is 0 Å². The number of aromatic nitrogens is 4. The van der Waals surface area contributed by atoms with Gasteiger partial charge in [-0.05, 0) is 51.6 Å². The molecule has 7 aromatic carbocycles. The van der Waals surface area contributed by atoms with Gasteiger partial charge in [-0.25, -0.2) is 19.9 Å². The standard InChI is InChI=1S/C42H26N4O/c1-3-11-30(12-4-1)39-44-40(46-41(45-39)34-23-18-27-10-7-8-15-33(27)26-34)31-21-19-28(20-22-31)35-17-9-16-29-24-25-36-38(37(29)35)43-42(47-36)32-13-5-2-6-14-32/h1-26H. The molecule has 47 heavy (non-hydrogen) atoms. The Morgan fingerprint density at radius 1 is 0.362 bits per heavy atom. The summed E-state index contributed by atoms with van der Waals surface area (Å²) in [4.78, 5) is 19.8. The molecule has 0 saturated carbocycles. The van der Waals surface area contributed by atoms with Crippen LogP contribution in [0.4, 0.5) is 0 Å². The fourth-order valence-corrected chi connectivity index (χ4v) is 6.19. The van der Waals surface area contributed by atoms with Gasteiger partial charge in [0.15, 0.2) is 23.1 Å². The first-order chi connectivity index (χ1) is 23.3. The highest BCUT2D eigenvalue weighted by Gasteiger charge is 2.16. The first kappa shape index (κ1) is 26.9. The van der Waals surface area contributed by atoms with Crippen LogP contribution in [0.15, 0.2) is 162 Å². The highest BCUT2D eigenvalue weighted by atomic mass is 16.3. The molecule has 0 saturated heterocycles. The van der Waals surface area contributed by atoms with Crippen LogP contribution in [0.1, 0.15) is 0 Å². The van der Waals surface area contributed by atoms with E-state index in [-0.39, 0.29) is 0 Å². The third-order valence-corrected chi connectivity index (χ3v) is 8.55. The third-order valence-electron chi connectivity index (χ3n) is 8.55. The van der Waals surface area contributed by atoms with E-state index in [0.717, 1.165) is 60.6 Å². The molecule has 0 amide bonds. The van der Waals surface area contributed by atoms with Crippen molar-refractivity contribution in [2.24, 2.45) is 0 Å². The van der Waals surface area contributed by atoms with Crippen molar-refractivity contribution in [3.8, 4) is 56.7 Å². The highest BCUT2D eigenvalue weighted by Crippen LogP contribution is 2.37. The van der Waals surface area contributed by atoms with Crippen molar-refractivity contribution in [1.29, 1.82) is 0 Å². The Bertz CT molecular complexity index is 2560. The van der Waals surface area contributed by atoms with E-state index >= 15 is 0 Å². The molecule has 0 aliphatic rings. The number of hydrogen-bond acceptors (Lipinski definition) is 5. The van der Waals surface area contributed by atoms with Gasteiger partial charge in [-0.2, -0.15) is 0 Å². The Hall–Kier alpha value is -6.46. The molecular formula is C42H26N4O. The van der Waals surface area contributed by atoms with Crippen LogP contribution in [0.5, 0.6) is 0 Å². The van der Waals surface area contributed by atoms with E-state index < -0.39 is 0 Å². The molecule has 9 aromatic rings. The molecule has 0 radical (unpaired) electrons. The van der Waals surface area contributed by atoms with Crippen molar-refractivity contribution in [3.05, 3.63) is 158 Å². The van der Waals surface area contributed by atoms with Gasteiger partial charge in [0, 0.05) is 27.6 Å². The average molecular weight is 603 g/mol. The van der Waals surface area contributed by atoms with Crippen LogP contribution < -0.4 is 0 Å². The molecule has 2 heterocycles. The second-order valence-corrected chi connectivity index (χ2v) is 11.5. The maximum Gasteiger partial charge on any atom is 0.227 e. The van der Waals surface area contributed by atoms with Crippen molar-refractivity contribution >= 4 is 32.6 Å². The van der Waals surface area contributed by atoms with Crippen LogP contribution >= 0.6 is 0 Å². The minimum atomic E-state index is 0.615. The molecule has 0 unspecified atom stereocenters. The van der Waals surface area contributed by atoms with Gasteiger partial charge in [-0.15, -0.1) is 0 Å². The molecule has 0 spiro atoms. The summed E-state index contributed by atoms with van der Waals surface area (Å²) in [6.07, 6.45) is 0. The summed E-state index contributed by atoms with van der Waals surface area (Å²) in [7, 11) is 0. The molecule has 0 bridgehead atoms. The summed E-state index contributed by atoms with van der Waals surface area (Å²) < 4.78 is 6.22. The fourth-order valence-electron chi connectivity index (χ4n) is 6.19. The van der Waals surface area contributed by atoms with Gasteiger partial charge in [0.05, 0.1) is 0 Å². The van der Waals surface area contributed by atoms with Crippen LogP contribution in [0.2, 0.25) is 0 Å². The fraction of sp³-hybridized carbons (Fsp3) is 0. The van der Waals surface area contributed by atoms with E-state index in [9.17, 15) is 0 Å². The van der Waals surface area contributed by atoms with Crippen molar-refractivity contribution in [1.82, 2.24) is 19.9 Å². The summed E-state index contributed by atoms with van der Waals surface area (Å²) in [6.45, 7) is 0. The molecule has 2 aromatic heterocycles. The normalized spacial score (nSPS) is 11.4. The van der Waals surface area contributed by atoms with Crippen LogP contribution in [0, 0.1) is 0 Å². The predicted molar refractivity (Wildman–Crippen MR) is 190 cm³/mol. The Morgan fingerprint density at radius 3 is 1.66 bits per heavy atom. The summed E-state index contributed by atoms with van der Waals surface area (Å²) in [5, 5.41) is 4.49. The lowest BCUT2D eigenvalue weighted by atomic mass is 9.96. The van der Waals surface area contributed by atoms with Crippen molar-refractivity contribution in [2.75, 3.05) is 0 Å². The summed E-state index contributed by atoms with van der Waals surface area (Å²) in [5.74, 6) is 2.52. The van der Waals surface area contributed by atoms with Gasteiger partial charge in [0.1, 0.15) is 5.52 Å². The lowest BCUT2D eigenvalue weighted by Crippen LogP contribution is -2.00. The van der Waals surface area contributed by atoms with E-state index in [4.69, 9.17) is 24.4 Å². The van der Waals surface area contributed by atoms with Gasteiger partial charge in [0.2, 0.25) is 5.89 Å². The Balaban J connectivity index is 1.15. The summed E-state index contributed by atoms with van der Waals surface area (Å²) in [5.41, 5.74) is 7.53. The van der Waals surface area contributed by atoms with Crippen molar-refractivity contribution in [3.63, 3.8) is 0 Å². The number of nitrogens with zero attached hydrogens (tertiary/aromatic N) is 4. The van der Waals surface area contributed by atoms with Crippen LogP contribution in [-0.4, -0.2) is 19.9 Å². The number of rotatable bonds is 5. The maximum atomic E-state index is 6.22. The quantitative estimate of drug-likeness (QED) is 0.196.